The van der Waals surface area contributed by atoms with Gasteiger partial charge in [0.2, 0.25) is 5.91 Å². The fraction of sp³-hybridized carbons (Fsp3) is 0.467. The third kappa shape index (κ3) is 5.65. The SMILES string of the molecule is O=C(CCN1CCCCC1)N/N=C/c1ccc(Cl)cc1Cl. The number of carbonyl (C=O) groups is 1. The Morgan fingerprint density at radius 1 is 1.29 bits per heavy atom. The molecule has 0 radical (unpaired) electrons. The van der Waals surface area contributed by atoms with Crippen LogP contribution in [0.15, 0.2) is 23.3 Å². The summed E-state index contributed by atoms with van der Waals surface area (Å²) in [6.07, 6.45) is 5.75. The number of rotatable bonds is 5. The molecule has 1 aromatic rings. The van der Waals surface area contributed by atoms with Crippen LogP contribution >= 0.6 is 23.2 Å². The van der Waals surface area contributed by atoms with Crippen LogP contribution in [-0.2, 0) is 4.79 Å². The molecule has 0 bridgehead atoms. The molecule has 21 heavy (non-hydrogen) atoms. The van der Waals surface area contributed by atoms with Gasteiger partial charge in [0.05, 0.1) is 11.2 Å². The second-order valence-electron chi connectivity index (χ2n) is 5.11. The minimum atomic E-state index is -0.0816. The summed E-state index contributed by atoms with van der Waals surface area (Å²) in [4.78, 5) is 14.0. The number of nitrogens with zero attached hydrogens (tertiary/aromatic N) is 2. The third-order valence-corrected chi connectivity index (χ3v) is 4.02. The van der Waals surface area contributed by atoms with Crippen LogP contribution in [0.1, 0.15) is 31.2 Å². The second kappa shape index (κ2) is 8.37. The molecule has 0 saturated carbocycles. The molecule has 1 aliphatic heterocycles. The molecule has 1 fully saturated rings. The van der Waals surface area contributed by atoms with Crippen molar-refractivity contribution in [2.75, 3.05) is 19.6 Å². The van der Waals surface area contributed by atoms with E-state index < -0.39 is 0 Å². The van der Waals surface area contributed by atoms with Gasteiger partial charge in [-0.1, -0.05) is 35.7 Å². The normalized spacial score (nSPS) is 16.3. The maximum atomic E-state index is 11.7. The molecule has 1 aromatic carbocycles. The van der Waals surface area contributed by atoms with E-state index in [1.54, 1.807) is 18.2 Å². The molecular weight excluding hydrogens is 309 g/mol. The van der Waals surface area contributed by atoms with Gasteiger partial charge in [0.1, 0.15) is 0 Å². The number of halogens is 2. The number of nitrogens with one attached hydrogen (secondary N) is 1. The van der Waals surface area contributed by atoms with Gasteiger partial charge in [-0.05, 0) is 38.1 Å². The highest BCUT2D eigenvalue weighted by Gasteiger charge is 2.11. The van der Waals surface area contributed by atoms with Gasteiger partial charge in [-0.2, -0.15) is 5.10 Å². The number of hydrogen-bond donors (Lipinski definition) is 1. The minimum absolute atomic E-state index is 0.0816. The molecule has 1 saturated heterocycles. The zero-order valence-corrected chi connectivity index (χ0v) is 13.3. The maximum absolute atomic E-state index is 11.7. The molecule has 6 heteroatoms. The van der Waals surface area contributed by atoms with Crippen molar-refractivity contribution in [2.45, 2.75) is 25.7 Å². The lowest BCUT2D eigenvalue weighted by atomic mass is 10.1. The van der Waals surface area contributed by atoms with Crippen LogP contribution in [-0.4, -0.2) is 36.7 Å². The fourth-order valence-corrected chi connectivity index (χ4v) is 2.74. The summed E-state index contributed by atoms with van der Waals surface area (Å²) in [6.45, 7) is 2.98. The molecule has 1 heterocycles. The highest BCUT2D eigenvalue weighted by molar-refractivity contribution is 6.36. The Labute approximate surface area is 135 Å². The van der Waals surface area contributed by atoms with Crippen molar-refractivity contribution in [1.29, 1.82) is 0 Å². The molecular formula is C15H19Cl2N3O. The van der Waals surface area contributed by atoms with Crippen molar-refractivity contribution in [3.05, 3.63) is 33.8 Å². The Kier molecular flexibility index (Phi) is 6.49. The van der Waals surface area contributed by atoms with Crippen molar-refractivity contribution >= 4 is 35.3 Å². The Morgan fingerprint density at radius 3 is 2.76 bits per heavy atom. The highest BCUT2D eigenvalue weighted by Crippen LogP contribution is 2.19. The molecule has 0 aliphatic carbocycles. The molecule has 4 nitrogen and oxygen atoms in total. The number of hydrogen-bond acceptors (Lipinski definition) is 3. The summed E-state index contributed by atoms with van der Waals surface area (Å²) < 4.78 is 0. The highest BCUT2D eigenvalue weighted by atomic mass is 35.5. The lowest BCUT2D eigenvalue weighted by molar-refractivity contribution is -0.121. The number of hydrazone groups is 1. The summed E-state index contributed by atoms with van der Waals surface area (Å²) in [5.74, 6) is -0.0816. The maximum Gasteiger partial charge on any atom is 0.241 e. The van der Waals surface area contributed by atoms with E-state index in [9.17, 15) is 4.79 Å². The van der Waals surface area contributed by atoms with Gasteiger partial charge in [-0.15, -0.1) is 0 Å². The molecule has 0 aromatic heterocycles. The van der Waals surface area contributed by atoms with E-state index in [4.69, 9.17) is 23.2 Å². The number of piperidine rings is 1. The van der Waals surface area contributed by atoms with Gasteiger partial charge in [-0.3, -0.25) is 4.79 Å². The van der Waals surface area contributed by atoms with Crippen LogP contribution in [0.5, 0.6) is 0 Å². The van der Waals surface area contributed by atoms with Gasteiger partial charge >= 0.3 is 0 Å². The molecule has 1 N–H and O–H groups in total. The number of amides is 1. The Morgan fingerprint density at radius 2 is 2.05 bits per heavy atom. The molecule has 2 rings (SSSR count). The van der Waals surface area contributed by atoms with E-state index in [0.717, 1.165) is 25.2 Å². The molecule has 114 valence electrons. The average Bonchev–Trinajstić information content (AvgIpc) is 2.48. The molecule has 1 aliphatic rings. The van der Waals surface area contributed by atoms with Gasteiger partial charge < -0.3 is 4.90 Å². The summed E-state index contributed by atoms with van der Waals surface area (Å²) in [7, 11) is 0. The fourth-order valence-electron chi connectivity index (χ4n) is 2.28. The Balaban J connectivity index is 1.73. The smallest absolute Gasteiger partial charge is 0.241 e. The van der Waals surface area contributed by atoms with Crippen molar-refractivity contribution in [1.82, 2.24) is 10.3 Å². The van der Waals surface area contributed by atoms with Gasteiger partial charge in [0.25, 0.3) is 0 Å². The zero-order chi connectivity index (χ0) is 15.1. The quantitative estimate of drug-likeness (QED) is 0.666. The first-order valence-corrected chi connectivity index (χ1v) is 7.90. The van der Waals surface area contributed by atoms with E-state index >= 15 is 0 Å². The van der Waals surface area contributed by atoms with E-state index in [2.05, 4.69) is 15.4 Å². The second-order valence-corrected chi connectivity index (χ2v) is 5.95. The van der Waals surface area contributed by atoms with E-state index in [-0.39, 0.29) is 5.91 Å². The Bertz CT molecular complexity index is 514. The van der Waals surface area contributed by atoms with Crippen LogP contribution < -0.4 is 5.43 Å². The van der Waals surface area contributed by atoms with Crippen molar-refractivity contribution in [3.8, 4) is 0 Å². The topological polar surface area (TPSA) is 44.7 Å². The number of carbonyl (C=O) groups excluding carboxylic acids is 1. The van der Waals surface area contributed by atoms with Crippen molar-refractivity contribution in [2.24, 2.45) is 5.10 Å². The summed E-state index contributed by atoms with van der Waals surface area (Å²) in [5.41, 5.74) is 3.24. The molecule has 0 atom stereocenters. The molecule has 0 unspecified atom stereocenters. The van der Waals surface area contributed by atoms with Gasteiger partial charge in [0.15, 0.2) is 0 Å². The molecule has 0 spiro atoms. The van der Waals surface area contributed by atoms with Crippen LogP contribution in [0.2, 0.25) is 10.0 Å². The number of likely N-dealkylation sites (tertiary alicyclic amines) is 1. The predicted octanol–water partition coefficient (Wildman–Crippen LogP) is 3.32. The standard InChI is InChI=1S/C15H19Cl2N3O/c16-13-5-4-12(14(17)10-13)11-18-19-15(21)6-9-20-7-2-1-3-8-20/h4-5,10-11H,1-3,6-9H2,(H,19,21)/b18-11+. The summed E-state index contributed by atoms with van der Waals surface area (Å²) in [5, 5.41) is 5.01. The van der Waals surface area contributed by atoms with Crippen molar-refractivity contribution < 1.29 is 4.79 Å². The first-order chi connectivity index (χ1) is 10.1. The molecule has 1 amide bonds. The lowest BCUT2D eigenvalue weighted by Crippen LogP contribution is -2.33. The summed E-state index contributed by atoms with van der Waals surface area (Å²) >= 11 is 11.8. The average molecular weight is 328 g/mol. The van der Waals surface area contributed by atoms with Crippen LogP contribution in [0.25, 0.3) is 0 Å². The Hall–Kier alpha value is -1.10. The minimum Gasteiger partial charge on any atom is -0.303 e. The van der Waals surface area contributed by atoms with Crippen LogP contribution in [0, 0.1) is 0 Å². The first kappa shape index (κ1) is 16.3. The van der Waals surface area contributed by atoms with E-state index in [1.807, 2.05) is 0 Å². The third-order valence-electron chi connectivity index (χ3n) is 3.46. The monoisotopic (exact) mass is 327 g/mol. The van der Waals surface area contributed by atoms with E-state index in [1.165, 1.54) is 25.5 Å². The lowest BCUT2D eigenvalue weighted by Gasteiger charge is -2.25. The van der Waals surface area contributed by atoms with Crippen LogP contribution in [0.4, 0.5) is 0 Å². The first-order valence-electron chi connectivity index (χ1n) is 7.14. The van der Waals surface area contributed by atoms with E-state index in [0.29, 0.717) is 16.5 Å². The predicted molar refractivity (Wildman–Crippen MR) is 87.1 cm³/mol. The number of benzene rings is 1. The largest absolute Gasteiger partial charge is 0.303 e. The summed E-state index contributed by atoms with van der Waals surface area (Å²) in [6, 6.07) is 5.13. The van der Waals surface area contributed by atoms with Gasteiger partial charge in [0, 0.05) is 23.6 Å². The zero-order valence-electron chi connectivity index (χ0n) is 11.8. The van der Waals surface area contributed by atoms with Gasteiger partial charge in [-0.25, -0.2) is 5.43 Å². The van der Waals surface area contributed by atoms with Crippen molar-refractivity contribution in [3.63, 3.8) is 0 Å². The van der Waals surface area contributed by atoms with Crippen LogP contribution in [0.3, 0.4) is 0 Å².